The van der Waals surface area contributed by atoms with Crippen molar-refractivity contribution in [1.82, 2.24) is 19.8 Å². The summed E-state index contributed by atoms with van der Waals surface area (Å²) in [4.78, 5) is 37.5. The molecule has 1 atom stereocenters. The first-order valence-corrected chi connectivity index (χ1v) is 11.8. The first-order valence-electron chi connectivity index (χ1n) is 11.4. The lowest BCUT2D eigenvalue weighted by atomic mass is 10.0. The number of likely N-dealkylation sites (N-methyl/N-ethyl adjacent to an activating group) is 2. The molecule has 3 aromatic rings. The zero-order valence-electron chi connectivity index (χ0n) is 20.5. The van der Waals surface area contributed by atoms with E-state index in [9.17, 15) is 9.59 Å². The smallest absolute Gasteiger partial charge is 0.321 e. The molecule has 2 aromatic carbocycles. The molecule has 0 saturated heterocycles. The van der Waals surface area contributed by atoms with Crippen molar-refractivity contribution >= 4 is 45.9 Å². The van der Waals surface area contributed by atoms with Gasteiger partial charge in [0.15, 0.2) is 0 Å². The van der Waals surface area contributed by atoms with Crippen LogP contribution in [0.1, 0.15) is 19.7 Å². The van der Waals surface area contributed by atoms with Crippen LogP contribution < -0.4 is 16.4 Å². The maximum Gasteiger partial charge on any atom is 0.321 e. The number of primary amides is 1. The first-order chi connectivity index (χ1) is 16.7. The highest BCUT2D eigenvalue weighted by atomic mass is 35.5. The molecule has 10 heteroatoms. The summed E-state index contributed by atoms with van der Waals surface area (Å²) in [7, 11) is 3.66. The third-order valence-corrected chi connectivity index (χ3v) is 5.94. The minimum atomic E-state index is -0.552. The van der Waals surface area contributed by atoms with Crippen molar-refractivity contribution in [2.24, 2.45) is 11.7 Å². The highest BCUT2D eigenvalue weighted by Crippen LogP contribution is 2.23. The van der Waals surface area contributed by atoms with Gasteiger partial charge >= 0.3 is 6.03 Å². The summed E-state index contributed by atoms with van der Waals surface area (Å²) < 4.78 is 0. The predicted octanol–water partition coefficient (Wildman–Crippen LogP) is 3.80. The Morgan fingerprint density at radius 2 is 1.71 bits per heavy atom. The molecule has 1 heterocycles. The molecule has 0 aliphatic rings. The molecule has 9 nitrogen and oxygen atoms in total. The van der Waals surface area contributed by atoms with Gasteiger partial charge in [0.1, 0.15) is 17.7 Å². The average molecular weight is 498 g/mol. The Hall–Kier alpha value is -3.43. The lowest BCUT2D eigenvalue weighted by molar-refractivity contribution is -0.119. The third-order valence-electron chi connectivity index (χ3n) is 5.61. The van der Waals surface area contributed by atoms with Gasteiger partial charge in [0, 0.05) is 25.5 Å². The highest BCUT2D eigenvalue weighted by Gasteiger charge is 2.21. The van der Waals surface area contributed by atoms with Gasteiger partial charge in [0.2, 0.25) is 5.91 Å². The summed E-state index contributed by atoms with van der Waals surface area (Å²) in [6.07, 6.45) is 0. The molecule has 4 N–H and O–H groups in total. The lowest BCUT2D eigenvalue weighted by Crippen LogP contribution is -2.40. The van der Waals surface area contributed by atoms with Gasteiger partial charge in [0.05, 0.1) is 22.8 Å². The first kappa shape index (κ1) is 26.2. The molecule has 0 fully saturated rings. The summed E-state index contributed by atoms with van der Waals surface area (Å²) in [5.41, 5.74) is 6.94. The third kappa shape index (κ3) is 7.03. The van der Waals surface area contributed by atoms with Gasteiger partial charge in [-0.3, -0.25) is 9.69 Å². The maximum atomic E-state index is 12.5. The molecule has 0 radical (unpaired) electrons. The zero-order chi connectivity index (χ0) is 25.5. The average Bonchev–Trinajstić information content (AvgIpc) is 2.81. The van der Waals surface area contributed by atoms with Crippen LogP contribution in [0.5, 0.6) is 0 Å². The van der Waals surface area contributed by atoms with Crippen LogP contribution in [-0.2, 0) is 11.3 Å². The van der Waals surface area contributed by atoms with E-state index in [0.717, 1.165) is 10.9 Å². The number of hydrogen-bond acceptors (Lipinski definition) is 6. The van der Waals surface area contributed by atoms with Crippen molar-refractivity contribution in [3.8, 4) is 0 Å². The second kappa shape index (κ2) is 11.8. The number of amides is 3. The van der Waals surface area contributed by atoms with Gasteiger partial charge in [-0.05, 0) is 37.2 Å². The summed E-state index contributed by atoms with van der Waals surface area (Å²) >= 11 is 6.12. The maximum absolute atomic E-state index is 12.5. The number of aromatic nitrogens is 2. The van der Waals surface area contributed by atoms with Gasteiger partial charge in [0.25, 0.3) is 0 Å². The number of rotatable bonds is 10. The van der Waals surface area contributed by atoms with Crippen molar-refractivity contribution in [2.45, 2.75) is 26.4 Å². The largest absolute Gasteiger partial charge is 0.368 e. The second-order valence-corrected chi connectivity index (χ2v) is 9.25. The molecule has 0 unspecified atom stereocenters. The van der Waals surface area contributed by atoms with E-state index in [1.807, 2.05) is 62.2 Å². The minimum Gasteiger partial charge on any atom is -0.368 e. The topological polar surface area (TPSA) is 116 Å². The fraction of sp³-hybridized carbons (Fsp3) is 0.360. The number of benzene rings is 2. The molecular weight excluding hydrogens is 466 g/mol. The number of para-hydroxylation sites is 2. The van der Waals surface area contributed by atoms with E-state index in [1.165, 1.54) is 0 Å². The Morgan fingerprint density at radius 1 is 1.03 bits per heavy atom. The van der Waals surface area contributed by atoms with E-state index >= 15 is 0 Å². The van der Waals surface area contributed by atoms with Crippen LogP contribution >= 0.6 is 11.6 Å². The molecule has 3 amide bonds. The molecule has 0 spiro atoms. The van der Waals surface area contributed by atoms with Crippen LogP contribution in [0.4, 0.5) is 16.3 Å². The number of nitrogens with zero attached hydrogens (tertiary/aromatic N) is 4. The zero-order valence-corrected chi connectivity index (χ0v) is 21.2. The SMILES string of the molecule is CC(C)[C@H](Nc1nc(CN(C)CCN(C)C(=O)Nc2ccccc2Cl)nc2ccccc12)C(N)=O. The molecule has 3 rings (SSSR count). The van der Waals surface area contributed by atoms with Gasteiger partial charge in [-0.1, -0.05) is 49.7 Å². The number of nitrogens with two attached hydrogens (primary N) is 1. The number of urea groups is 1. The molecule has 186 valence electrons. The Bertz CT molecular complexity index is 1190. The Morgan fingerprint density at radius 3 is 2.40 bits per heavy atom. The summed E-state index contributed by atoms with van der Waals surface area (Å²) in [5, 5.41) is 7.33. The number of anilines is 2. The highest BCUT2D eigenvalue weighted by molar-refractivity contribution is 6.33. The van der Waals surface area contributed by atoms with Crippen LogP contribution in [0, 0.1) is 5.92 Å². The van der Waals surface area contributed by atoms with Gasteiger partial charge < -0.3 is 21.3 Å². The monoisotopic (exact) mass is 497 g/mol. The number of hydrogen-bond donors (Lipinski definition) is 3. The number of carbonyl (C=O) groups is 2. The molecule has 0 aliphatic heterocycles. The van der Waals surface area contributed by atoms with Crippen LogP contribution in [0.25, 0.3) is 10.9 Å². The second-order valence-electron chi connectivity index (χ2n) is 8.84. The van der Waals surface area contributed by atoms with E-state index in [1.54, 1.807) is 24.1 Å². The van der Waals surface area contributed by atoms with Crippen molar-refractivity contribution < 1.29 is 9.59 Å². The quantitative estimate of drug-likeness (QED) is 0.392. The van der Waals surface area contributed by atoms with E-state index < -0.39 is 11.9 Å². The number of carbonyl (C=O) groups excluding carboxylic acids is 2. The standard InChI is InChI=1S/C25H32ClN7O2/c1-16(2)22(23(27)34)31-24-17-9-5-7-11-19(17)28-21(30-24)15-32(3)13-14-33(4)25(35)29-20-12-8-6-10-18(20)26/h5-12,16,22H,13-15H2,1-4H3,(H2,27,34)(H,29,35)(H,28,30,31)/t22-/m0/s1. The minimum absolute atomic E-state index is 0.000183. The van der Waals surface area contributed by atoms with Crippen LogP contribution in [-0.4, -0.2) is 64.9 Å². The summed E-state index contributed by atoms with van der Waals surface area (Å²) in [6.45, 7) is 5.41. The predicted molar refractivity (Wildman–Crippen MR) is 140 cm³/mol. The van der Waals surface area contributed by atoms with Crippen molar-refractivity contribution in [3.05, 3.63) is 59.4 Å². The Labute approximate surface area is 210 Å². The van der Waals surface area contributed by atoms with E-state index in [4.69, 9.17) is 22.3 Å². The molecule has 1 aromatic heterocycles. The van der Waals surface area contributed by atoms with E-state index in [-0.39, 0.29) is 11.9 Å². The summed E-state index contributed by atoms with van der Waals surface area (Å²) in [6, 6.07) is 13.9. The molecule has 0 aliphatic carbocycles. The van der Waals surface area contributed by atoms with Crippen molar-refractivity contribution in [2.75, 3.05) is 37.8 Å². The fourth-order valence-corrected chi connectivity index (χ4v) is 3.72. The molecular formula is C25H32ClN7O2. The fourth-order valence-electron chi connectivity index (χ4n) is 3.54. The number of halogens is 1. The Kier molecular flexibility index (Phi) is 8.84. The van der Waals surface area contributed by atoms with Gasteiger partial charge in [-0.2, -0.15) is 0 Å². The van der Waals surface area contributed by atoms with E-state index in [2.05, 4.69) is 15.6 Å². The van der Waals surface area contributed by atoms with Gasteiger partial charge in [-0.25, -0.2) is 14.8 Å². The van der Waals surface area contributed by atoms with Gasteiger partial charge in [-0.15, -0.1) is 0 Å². The number of fused-ring (bicyclic) bond motifs is 1. The number of nitrogens with one attached hydrogen (secondary N) is 2. The van der Waals surface area contributed by atoms with Crippen molar-refractivity contribution in [3.63, 3.8) is 0 Å². The van der Waals surface area contributed by atoms with Crippen LogP contribution in [0.15, 0.2) is 48.5 Å². The van der Waals surface area contributed by atoms with Crippen molar-refractivity contribution in [1.29, 1.82) is 0 Å². The summed E-state index contributed by atoms with van der Waals surface area (Å²) in [5.74, 6) is 0.746. The normalized spacial score (nSPS) is 12.1. The van der Waals surface area contributed by atoms with Crippen LogP contribution in [0.2, 0.25) is 5.02 Å². The van der Waals surface area contributed by atoms with E-state index in [0.29, 0.717) is 42.0 Å². The molecule has 35 heavy (non-hydrogen) atoms. The lowest BCUT2D eigenvalue weighted by Gasteiger charge is -2.23. The molecule has 0 bridgehead atoms. The van der Waals surface area contributed by atoms with Crippen LogP contribution in [0.3, 0.4) is 0 Å². The Balaban J connectivity index is 1.67. The molecule has 0 saturated carbocycles.